The minimum atomic E-state index is -0.811. The van der Waals surface area contributed by atoms with Crippen molar-refractivity contribution in [2.45, 2.75) is 6.92 Å². The number of carbonyl (C=O) groups excluding carboxylic acids is 1. The predicted octanol–water partition coefficient (Wildman–Crippen LogP) is 2.82. The van der Waals surface area contributed by atoms with E-state index in [1.54, 1.807) is 24.3 Å². The Kier molecular flexibility index (Phi) is 4.23. The van der Waals surface area contributed by atoms with Gasteiger partial charge < -0.3 is 0 Å². The van der Waals surface area contributed by atoms with E-state index in [2.05, 4.69) is 12.1 Å². The van der Waals surface area contributed by atoms with Crippen LogP contribution >= 0.6 is 11.6 Å². The Morgan fingerprint density at radius 2 is 1.59 bits per heavy atom. The summed E-state index contributed by atoms with van der Waals surface area (Å²) in [5.74, 6) is 0. The van der Waals surface area contributed by atoms with Crippen LogP contribution in [0.4, 0.5) is 0 Å². The third kappa shape index (κ3) is 3.57. The van der Waals surface area contributed by atoms with Crippen LogP contribution in [0.15, 0.2) is 48.5 Å². The number of hydrogen-bond acceptors (Lipinski definition) is 1. The minimum absolute atomic E-state index is 0.246. The monoisotopic (exact) mass is 360 g/mol. The number of aryl methyl sites for hydroxylation is 1. The van der Waals surface area contributed by atoms with Gasteiger partial charge in [0.1, 0.15) is 0 Å². The van der Waals surface area contributed by atoms with Gasteiger partial charge in [0.25, 0.3) is 0 Å². The van der Waals surface area contributed by atoms with Crippen molar-refractivity contribution < 1.29 is 4.79 Å². The molecule has 2 rings (SSSR count). The number of carbonyl (C=O) groups is 1. The zero-order chi connectivity index (χ0) is 12.3. The van der Waals surface area contributed by atoms with Gasteiger partial charge in [0.15, 0.2) is 0 Å². The molecular formula is C14H11ClOTe. The van der Waals surface area contributed by atoms with Crippen molar-refractivity contribution in [3.63, 3.8) is 0 Å². The SMILES string of the molecule is Cc1ccc([Te]C(=O)c2ccc(Cl)cc2)cc1. The van der Waals surface area contributed by atoms with Gasteiger partial charge in [-0.1, -0.05) is 0 Å². The molecule has 0 fully saturated rings. The molecule has 0 amide bonds. The third-order valence-electron chi connectivity index (χ3n) is 2.31. The first kappa shape index (κ1) is 12.6. The van der Waals surface area contributed by atoms with Crippen LogP contribution in [0, 0.1) is 6.92 Å². The second kappa shape index (κ2) is 5.69. The van der Waals surface area contributed by atoms with Crippen molar-refractivity contribution in [2.75, 3.05) is 0 Å². The third-order valence-corrected chi connectivity index (χ3v) is 5.21. The van der Waals surface area contributed by atoms with Crippen molar-refractivity contribution in [3.05, 3.63) is 64.7 Å². The van der Waals surface area contributed by atoms with Gasteiger partial charge in [0, 0.05) is 0 Å². The molecular weight excluding hydrogens is 347 g/mol. The summed E-state index contributed by atoms with van der Waals surface area (Å²) < 4.78 is 1.41. The molecule has 0 unspecified atom stereocenters. The first-order chi connectivity index (χ1) is 8.15. The Bertz CT molecular complexity index is 517. The molecule has 0 saturated heterocycles. The Labute approximate surface area is 116 Å². The quantitative estimate of drug-likeness (QED) is 0.772. The van der Waals surface area contributed by atoms with Crippen LogP contribution < -0.4 is 3.61 Å². The molecule has 0 aromatic heterocycles. The summed E-state index contributed by atoms with van der Waals surface area (Å²) in [5, 5.41) is 0.664. The summed E-state index contributed by atoms with van der Waals surface area (Å²) in [6, 6.07) is 15.3. The van der Waals surface area contributed by atoms with Crippen molar-refractivity contribution in [1.29, 1.82) is 0 Å². The molecule has 0 heterocycles. The van der Waals surface area contributed by atoms with Crippen molar-refractivity contribution >= 4 is 40.0 Å². The van der Waals surface area contributed by atoms with E-state index in [1.807, 2.05) is 19.1 Å². The van der Waals surface area contributed by atoms with E-state index in [0.717, 1.165) is 5.56 Å². The second-order valence-corrected chi connectivity index (χ2v) is 7.13. The first-order valence-corrected chi connectivity index (χ1v) is 7.90. The van der Waals surface area contributed by atoms with Crippen LogP contribution in [0.3, 0.4) is 0 Å². The molecule has 2 aromatic rings. The van der Waals surface area contributed by atoms with E-state index in [1.165, 1.54) is 9.17 Å². The van der Waals surface area contributed by atoms with E-state index in [4.69, 9.17) is 11.6 Å². The first-order valence-electron chi connectivity index (χ1n) is 5.19. The van der Waals surface area contributed by atoms with Crippen LogP contribution in [-0.4, -0.2) is 24.8 Å². The van der Waals surface area contributed by atoms with E-state index in [9.17, 15) is 4.79 Å². The summed E-state index contributed by atoms with van der Waals surface area (Å²) in [6.07, 6.45) is 0. The molecule has 0 N–H and O–H groups in total. The number of rotatable bonds is 3. The van der Waals surface area contributed by atoms with Crippen LogP contribution in [0.1, 0.15) is 15.9 Å². The van der Waals surface area contributed by atoms with Gasteiger partial charge in [-0.3, -0.25) is 0 Å². The van der Waals surface area contributed by atoms with Gasteiger partial charge in [-0.25, -0.2) is 0 Å². The van der Waals surface area contributed by atoms with Crippen LogP contribution in [0.25, 0.3) is 0 Å². The number of halogens is 1. The average Bonchev–Trinajstić information content (AvgIpc) is 2.33. The molecule has 0 saturated carbocycles. The number of hydrogen-bond donors (Lipinski definition) is 0. The van der Waals surface area contributed by atoms with Gasteiger partial charge in [0.2, 0.25) is 0 Å². The summed E-state index contributed by atoms with van der Waals surface area (Å²) in [6.45, 7) is 2.05. The van der Waals surface area contributed by atoms with Crippen molar-refractivity contribution in [1.82, 2.24) is 0 Å². The zero-order valence-electron chi connectivity index (χ0n) is 9.31. The van der Waals surface area contributed by atoms with E-state index >= 15 is 0 Å². The zero-order valence-corrected chi connectivity index (χ0v) is 12.4. The molecule has 0 atom stereocenters. The molecule has 17 heavy (non-hydrogen) atoms. The van der Waals surface area contributed by atoms with E-state index in [-0.39, 0.29) is 3.83 Å². The van der Waals surface area contributed by atoms with Gasteiger partial charge in [0.05, 0.1) is 0 Å². The average molecular weight is 358 g/mol. The fourth-order valence-electron chi connectivity index (χ4n) is 1.36. The Balaban J connectivity index is 2.11. The van der Waals surface area contributed by atoms with E-state index < -0.39 is 20.9 Å². The summed E-state index contributed by atoms with van der Waals surface area (Å²) in [5.41, 5.74) is 1.98. The topological polar surface area (TPSA) is 17.1 Å². The number of benzene rings is 2. The normalized spacial score (nSPS) is 10.2. The second-order valence-electron chi connectivity index (χ2n) is 3.71. The van der Waals surface area contributed by atoms with Crippen LogP contribution in [-0.2, 0) is 0 Å². The van der Waals surface area contributed by atoms with Gasteiger partial charge in [-0.15, -0.1) is 0 Å². The maximum atomic E-state index is 12.0. The molecule has 2 aromatic carbocycles. The van der Waals surface area contributed by atoms with Crippen LogP contribution in [0.2, 0.25) is 5.02 Å². The summed E-state index contributed by atoms with van der Waals surface area (Å²) >= 11 is 4.98. The fourth-order valence-corrected chi connectivity index (χ4v) is 3.60. The molecule has 1 nitrogen and oxygen atoms in total. The molecule has 0 spiro atoms. The van der Waals surface area contributed by atoms with Gasteiger partial charge >= 0.3 is 116 Å². The van der Waals surface area contributed by atoms with Crippen molar-refractivity contribution in [2.24, 2.45) is 0 Å². The maximum absolute atomic E-state index is 12.0. The Morgan fingerprint density at radius 3 is 2.18 bits per heavy atom. The molecule has 0 aliphatic carbocycles. The molecule has 0 radical (unpaired) electrons. The molecule has 0 bridgehead atoms. The standard InChI is InChI=1S/C14H11ClOTe/c1-10-2-8-13(9-3-10)17-14(16)11-4-6-12(15)7-5-11/h2-9H,1H3. The molecule has 0 aliphatic rings. The molecule has 3 heteroatoms. The predicted molar refractivity (Wildman–Crippen MR) is 72.3 cm³/mol. The van der Waals surface area contributed by atoms with Gasteiger partial charge in [-0.2, -0.15) is 0 Å². The summed E-state index contributed by atoms with van der Waals surface area (Å²) in [4.78, 5) is 12.0. The van der Waals surface area contributed by atoms with E-state index in [0.29, 0.717) is 5.02 Å². The van der Waals surface area contributed by atoms with Crippen LogP contribution in [0.5, 0.6) is 0 Å². The Morgan fingerprint density at radius 1 is 1.00 bits per heavy atom. The fraction of sp³-hybridized carbons (Fsp3) is 0.0714. The molecule has 0 aliphatic heterocycles. The summed E-state index contributed by atoms with van der Waals surface area (Å²) in [7, 11) is 0. The van der Waals surface area contributed by atoms with Gasteiger partial charge in [-0.05, 0) is 0 Å². The molecule has 86 valence electrons. The Hall–Kier alpha value is -0.810. The van der Waals surface area contributed by atoms with Crippen molar-refractivity contribution in [3.8, 4) is 0 Å².